The van der Waals surface area contributed by atoms with Crippen molar-refractivity contribution < 1.29 is 4.79 Å². The van der Waals surface area contributed by atoms with E-state index in [-0.39, 0.29) is 12.3 Å². The number of aryl methyl sites for hydroxylation is 1. The van der Waals surface area contributed by atoms with Crippen molar-refractivity contribution in [1.29, 1.82) is 0 Å². The van der Waals surface area contributed by atoms with Gasteiger partial charge in [-0.1, -0.05) is 71.5 Å². The fourth-order valence-corrected chi connectivity index (χ4v) is 4.72. The highest BCUT2D eigenvalue weighted by molar-refractivity contribution is 7.16. The summed E-state index contributed by atoms with van der Waals surface area (Å²) in [5, 5.41) is 2.92. The van der Waals surface area contributed by atoms with E-state index in [2.05, 4.69) is 23.7 Å². The molecule has 0 unspecified atom stereocenters. The van der Waals surface area contributed by atoms with Gasteiger partial charge in [-0.15, -0.1) is 6.58 Å². The van der Waals surface area contributed by atoms with Crippen molar-refractivity contribution in [1.82, 2.24) is 4.57 Å². The Morgan fingerprint density at radius 1 is 1.18 bits per heavy atom. The molecule has 0 atom stereocenters. The predicted molar refractivity (Wildman–Crippen MR) is 118 cm³/mol. The lowest BCUT2D eigenvalue weighted by molar-refractivity contribution is -0.117. The minimum absolute atomic E-state index is 0.163. The van der Waals surface area contributed by atoms with Gasteiger partial charge in [-0.25, -0.2) is 0 Å². The van der Waals surface area contributed by atoms with Gasteiger partial charge in [0.15, 0.2) is 4.80 Å². The summed E-state index contributed by atoms with van der Waals surface area (Å²) >= 11 is 7.80. The zero-order valence-electron chi connectivity index (χ0n) is 15.5. The maximum absolute atomic E-state index is 12.8. The smallest absolute Gasteiger partial charge is 0.252 e. The molecule has 0 fully saturated rings. The molecule has 0 aliphatic carbocycles. The number of hydrogen-bond donors (Lipinski definition) is 0. The lowest BCUT2D eigenvalue weighted by Crippen LogP contribution is -2.17. The lowest BCUT2D eigenvalue weighted by atomic mass is 10.0. The Morgan fingerprint density at radius 2 is 1.96 bits per heavy atom. The van der Waals surface area contributed by atoms with E-state index in [0.717, 1.165) is 32.1 Å². The van der Waals surface area contributed by atoms with E-state index in [1.807, 2.05) is 54.0 Å². The zero-order valence-corrected chi connectivity index (χ0v) is 17.1. The highest BCUT2D eigenvalue weighted by Gasteiger charge is 2.12. The van der Waals surface area contributed by atoms with Gasteiger partial charge in [-0.05, 0) is 41.0 Å². The van der Waals surface area contributed by atoms with Crippen molar-refractivity contribution in [3.63, 3.8) is 0 Å². The predicted octanol–water partition coefficient (Wildman–Crippen LogP) is 5.67. The number of carbonyl (C=O) groups is 1. The molecule has 0 aliphatic rings. The first-order valence-electron chi connectivity index (χ1n) is 9.02. The molecule has 3 aromatic carbocycles. The van der Waals surface area contributed by atoms with Crippen LogP contribution in [0.2, 0.25) is 5.02 Å². The Bertz CT molecular complexity index is 1280. The van der Waals surface area contributed by atoms with Crippen LogP contribution in [0.3, 0.4) is 0 Å². The molecule has 1 heterocycles. The lowest BCUT2D eigenvalue weighted by Gasteiger charge is -2.06. The maximum Gasteiger partial charge on any atom is 0.252 e. The molecule has 1 aromatic heterocycles. The first kappa shape index (κ1) is 18.7. The van der Waals surface area contributed by atoms with Crippen LogP contribution >= 0.6 is 22.9 Å². The fourth-order valence-electron chi connectivity index (χ4n) is 3.46. The van der Waals surface area contributed by atoms with E-state index in [1.54, 1.807) is 6.08 Å². The summed E-state index contributed by atoms with van der Waals surface area (Å²) in [7, 11) is 0. The van der Waals surface area contributed by atoms with E-state index < -0.39 is 0 Å². The average molecular weight is 407 g/mol. The van der Waals surface area contributed by atoms with Crippen molar-refractivity contribution in [3.05, 3.63) is 88.2 Å². The molecule has 1 amide bonds. The van der Waals surface area contributed by atoms with Gasteiger partial charge in [-0.2, -0.15) is 4.99 Å². The molecule has 0 radical (unpaired) electrons. The number of allylic oxidation sites excluding steroid dienone is 1. The molecule has 140 valence electrons. The van der Waals surface area contributed by atoms with Crippen LogP contribution in [-0.2, 0) is 17.8 Å². The normalized spacial score (nSPS) is 12.0. The SMILES string of the molecule is C=CCn1c(=NC(=O)Cc2cccc3ccccc23)sc2ccc(Cl)c(C)c21. The molecule has 0 aliphatic heterocycles. The van der Waals surface area contributed by atoms with Crippen LogP contribution < -0.4 is 4.80 Å². The number of thiazole rings is 1. The molecular weight excluding hydrogens is 388 g/mol. The van der Waals surface area contributed by atoms with Crippen molar-refractivity contribution in [2.75, 3.05) is 0 Å². The number of rotatable bonds is 4. The molecule has 4 rings (SSSR count). The van der Waals surface area contributed by atoms with Gasteiger partial charge in [0, 0.05) is 11.6 Å². The zero-order chi connectivity index (χ0) is 19.7. The molecule has 0 spiro atoms. The van der Waals surface area contributed by atoms with Gasteiger partial charge in [0.2, 0.25) is 0 Å². The van der Waals surface area contributed by atoms with Gasteiger partial charge in [0.05, 0.1) is 16.6 Å². The highest BCUT2D eigenvalue weighted by Crippen LogP contribution is 2.27. The third-order valence-electron chi connectivity index (χ3n) is 4.78. The maximum atomic E-state index is 12.8. The highest BCUT2D eigenvalue weighted by atomic mass is 35.5. The fraction of sp³-hybridized carbons (Fsp3) is 0.130. The van der Waals surface area contributed by atoms with Crippen LogP contribution in [0, 0.1) is 6.92 Å². The van der Waals surface area contributed by atoms with Crippen LogP contribution in [0.5, 0.6) is 0 Å². The number of amides is 1. The molecule has 0 saturated heterocycles. The van der Waals surface area contributed by atoms with Crippen molar-refractivity contribution in [2.24, 2.45) is 4.99 Å². The number of fused-ring (bicyclic) bond motifs is 2. The second-order valence-electron chi connectivity index (χ2n) is 6.62. The minimum Gasteiger partial charge on any atom is -0.312 e. The number of aromatic nitrogens is 1. The third kappa shape index (κ3) is 3.41. The van der Waals surface area contributed by atoms with Gasteiger partial charge in [-0.3, -0.25) is 4.79 Å². The number of nitrogens with zero attached hydrogens (tertiary/aromatic N) is 2. The van der Waals surface area contributed by atoms with Crippen LogP contribution in [0.25, 0.3) is 21.0 Å². The average Bonchev–Trinajstić information content (AvgIpc) is 3.03. The summed E-state index contributed by atoms with van der Waals surface area (Å²) in [6.07, 6.45) is 2.07. The minimum atomic E-state index is -0.163. The number of carbonyl (C=O) groups excluding carboxylic acids is 1. The Balaban J connectivity index is 1.79. The summed E-state index contributed by atoms with van der Waals surface area (Å²) in [4.78, 5) is 17.9. The van der Waals surface area contributed by atoms with E-state index >= 15 is 0 Å². The summed E-state index contributed by atoms with van der Waals surface area (Å²) in [6.45, 7) is 6.40. The molecule has 3 nitrogen and oxygen atoms in total. The first-order chi connectivity index (χ1) is 13.6. The van der Waals surface area contributed by atoms with E-state index in [9.17, 15) is 4.79 Å². The Morgan fingerprint density at radius 3 is 2.79 bits per heavy atom. The number of benzene rings is 3. The quantitative estimate of drug-likeness (QED) is 0.402. The van der Waals surface area contributed by atoms with Crippen molar-refractivity contribution in [3.8, 4) is 0 Å². The molecule has 28 heavy (non-hydrogen) atoms. The Labute approximate surface area is 172 Å². The van der Waals surface area contributed by atoms with Gasteiger partial charge in [0.1, 0.15) is 0 Å². The van der Waals surface area contributed by atoms with E-state index in [4.69, 9.17) is 11.6 Å². The third-order valence-corrected chi connectivity index (χ3v) is 6.24. The Kier molecular flexibility index (Phi) is 5.16. The van der Waals surface area contributed by atoms with Crippen LogP contribution in [-0.4, -0.2) is 10.5 Å². The van der Waals surface area contributed by atoms with Gasteiger partial charge >= 0.3 is 0 Å². The summed E-state index contributed by atoms with van der Waals surface area (Å²) < 4.78 is 3.07. The molecular formula is C23H19ClN2OS. The van der Waals surface area contributed by atoms with Gasteiger partial charge < -0.3 is 4.57 Å². The molecule has 0 saturated carbocycles. The second kappa shape index (κ2) is 7.74. The number of hydrogen-bond acceptors (Lipinski definition) is 2. The first-order valence-corrected chi connectivity index (χ1v) is 10.2. The van der Waals surface area contributed by atoms with Crippen LogP contribution in [0.1, 0.15) is 11.1 Å². The largest absolute Gasteiger partial charge is 0.312 e. The van der Waals surface area contributed by atoms with Crippen LogP contribution in [0.4, 0.5) is 0 Å². The van der Waals surface area contributed by atoms with E-state index in [0.29, 0.717) is 16.4 Å². The standard InChI is InChI=1S/C23H19ClN2OS/c1-3-13-26-22-15(2)19(24)11-12-20(22)28-23(26)25-21(27)14-17-9-6-8-16-7-4-5-10-18(16)17/h3-12H,1,13-14H2,2H3. The van der Waals surface area contributed by atoms with Crippen molar-refractivity contribution >= 4 is 49.8 Å². The molecule has 4 aromatic rings. The van der Waals surface area contributed by atoms with Crippen LogP contribution in [0.15, 0.2) is 72.2 Å². The summed E-state index contributed by atoms with van der Waals surface area (Å²) in [6, 6.07) is 18.0. The Hall–Kier alpha value is -2.69. The van der Waals surface area contributed by atoms with Crippen molar-refractivity contribution in [2.45, 2.75) is 19.9 Å². The summed E-state index contributed by atoms with van der Waals surface area (Å²) in [5.41, 5.74) is 2.98. The van der Waals surface area contributed by atoms with E-state index in [1.165, 1.54) is 11.3 Å². The number of halogens is 1. The second-order valence-corrected chi connectivity index (χ2v) is 8.04. The summed E-state index contributed by atoms with van der Waals surface area (Å²) in [5.74, 6) is -0.163. The molecule has 0 bridgehead atoms. The monoisotopic (exact) mass is 406 g/mol. The molecule has 0 N–H and O–H groups in total. The topological polar surface area (TPSA) is 34.4 Å². The van der Waals surface area contributed by atoms with Gasteiger partial charge in [0.25, 0.3) is 5.91 Å². The molecule has 5 heteroatoms.